The minimum Gasteiger partial charge on any atom is -0.496 e. The van der Waals surface area contributed by atoms with Crippen molar-refractivity contribution < 1.29 is 14.3 Å². The molecule has 3 aromatic rings. The first-order valence-corrected chi connectivity index (χ1v) is 11.9. The van der Waals surface area contributed by atoms with Crippen LogP contribution in [0.3, 0.4) is 0 Å². The van der Waals surface area contributed by atoms with Crippen molar-refractivity contribution in [1.29, 1.82) is 0 Å². The first-order valence-electron chi connectivity index (χ1n) is 10.3. The number of methoxy groups -OCH3 is 1. The van der Waals surface area contributed by atoms with E-state index in [0.29, 0.717) is 31.9 Å². The Labute approximate surface area is 202 Å². The van der Waals surface area contributed by atoms with Gasteiger partial charge in [-0.15, -0.1) is 0 Å². The van der Waals surface area contributed by atoms with Crippen LogP contribution in [0.5, 0.6) is 5.75 Å². The van der Waals surface area contributed by atoms with E-state index in [1.807, 2.05) is 24.3 Å². The number of nitrogens with zero attached hydrogens (tertiary/aromatic N) is 3. The van der Waals surface area contributed by atoms with E-state index in [0.717, 1.165) is 10.0 Å². The second kappa shape index (κ2) is 9.44. The number of benzene rings is 1. The third-order valence-corrected chi connectivity index (χ3v) is 6.53. The maximum absolute atomic E-state index is 13.6. The lowest BCUT2D eigenvalue weighted by molar-refractivity contribution is -0.143. The highest BCUT2D eigenvalue weighted by molar-refractivity contribution is 9.10. The minimum atomic E-state index is -0.754. The summed E-state index contributed by atoms with van der Waals surface area (Å²) in [5.74, 6) is 0.0365. The number of halogens is 1. The van der Waals surface area contributed by atoms with Crippen molar-refractivity contribution in [3.8, 4) is 5.75 Å². The van der Waals surface area contributed by atoms with Gasteiger partial charge in [-0.2, -0.15) is 0 Å². The lowest BCUT2D eigenvalue weighted by atomic mass is 9.95. The van der Waals surface area contributed by atoms with Crippen LogP contribution in [0.15, 0.2) is 68.3 Å². The number of pyridine rings is 1. The van der Waals surface area contributed by atoms with Crippen LogP contribution >= 0.6 is 27.3 Å². The molecule has 0 aliphatic carbocycles. The van der Waals surface area contributed by atoms with Crippen LogP contribution < -0.4 is 19.6 Å². The van der Waals surface area contributed by atoms with Gasteiger partial charge in [0.25, 0.3) is 5.56 Å². The Morgan fingerprint density at radius 2 is 2.09 bits per heavy atom. The van der Waals surface area contributed by atoms with Gasteiger partial charge in [0.1, 0.15) is 11.8 Å². The van der Waals surface area contributed by atoms with E-state index in [1.54, 1.807) is 57.0 Å². The number of thiazole rings is 1. The van der Waals surface area contributed by atoms with Crippen molar-refractivity contribution in [3.63, 3.8) is 0 Å². The molecule has 2 aromatic heterocycles. The van der Waals surface area contributed by atoms with E-state index in [4.69, 9.17) is 9.47 Å². The lowest BCUT2D eigenvalue weighted by Crippen LogP contribution is -2.40. The zero-order valence-electron chi connectivity index (χ0n) is 18.5. The molecule has 4 rings (SSSR count). The van der Waals surface area contributed by atoms with Crippen molar-refractivity contribution in [3.05, 3.63) is 89.3 Å². The van der Waals surface area contributed by atoms with Gasteiger partial charge < -0.3 is 9.47 Å². The Bertz CT molecular complexity index is 1420. The largest absolute Gasteiger partial charge is 0.496 e. The third kappa shape index (κ3) is 4.56. The van der Waals surface area contributed by atoms with Crippen LogP contribution in [-0.2, 0) is 9.53 Å². The van der Waals surface area contributed by atoms with Gasteiger partial charge >= 0.3 is 5.97 Å². The zero-order chi connectivity index (χ0) is 23.7. The molecule has 0 amide bonds. The molecule has 170 valence electrons. The van der Waals surface area contributed by atoms with Crippen molar-refractivity contribution in [2.24, 2.45) is 4.99 Å². The average molecular weight is 528 g/mol. The predicted octanol–water partition coefficient (Wildman–Crippen LogP) is 3.35. The Hall–Kier alpha value is -3.04. The number of hydrogen-bond donors (Lipinski definition) is 0. The van der Waals surface area contributed by atoms with Crippen LogP contribution in [0.25, 0.3) is 6.08 Å². The van der Waals surface area contributed by atoms with E-state index in [2.05, 4.69) is 25.9 Å². The number of allylic oxidation sites excluding steroid dienone is 1. The molecular formula is C24H22BrN3O4S. The maximum Gasteiger partial charge on any atom is 0.338 e. The van der Waals surface area contributed by atoms with Gasteiger partial charge in [0.05, 0.1) is 29.0 Å². The molecule has 0 unspecified atom stereocenters. The van der Waals surface area contributed by atoms with Gasteiger partial charge in [0.15, 0.2) is 4.80 Å². The minimum absolute atomic E-state index is 0.253. The zero-order valence-corrected chi connectivity index (χ0v) is 20.9. The number of fused-ring (bicyclic) bond motifs is 1. The molecule has 1 atom stereocenters. The summed E-state index contributed by atoms with van der Waals surface area (Å²) in [7, 11) is 1.56. The summed E-state index contributed by atoms with van der Waals surface area (Å²) in [5.41, 5.74) is 2.01. The Kier molecular flexibility index (Phi) is 6.62. The molecule has 7 nitrogen and oxygen atoms in total. The van der Waals surface area contributed by atoms with Crippen LogP contribution in [0.1, 0.15) is 37.9 Å². The van der Waals surface area contributed by atoms with Gasteiger partial charge in [-0.05, 0) is 56.7 Å². The fourth-order valence-corrected chi connectivity index (χ4v) is 5.11. The van der Waals surface area contributed by atoms with Gasteiger partial charge in [-0.3, -0.25) is 14.3 Å². The molecule has 0 N–H and O–H groups in total. The normalized spacial score (nSPS) is 15.9. The first-order chi connectivity index (χ1) is 15.8. The summed E-state index contributed by atoms with van der Waals surface area (Å²) in [6.45, 7) is 5.32. The van der Waals surface area contributed by atoms with Crippen molar-refractivity contribution in [1.82, 2.24) is 9.55 Å². The molecule has 0 saturated heterocycles. The van der Waals surface area contributed by atoms with E-state index < -0.39 is 12.0 Å². The molecule has 1 aliphatic rings. The molecule has 1 aliphatic heterocycles. The monoisotopic (exact) mass is 527 g/mol. The molecule has 0 bridgehead atoms. The van der Waals surface area contributed by atoms with Crippen LogP contribution in [0, 0.1) is 0 Å². The number of carbonyl (C=O) groups is 1. The highest BCUT2D eigenvalue weighted by atomic mass is 79.9. The standard InChI is InChI=1S/C24H22BrN3O4S/c1-13(2)32-23(30)20-14(3)27-24-28(21(20)17-11-16(25)7-8-18(17)31-4)22(29)19(33-24)10-15-6-5-9-26-12-15/h5-13,21H,1-4H3/b19-10-/t21-/m1/s1. The van der Waals surface area contributed by atoms with Gasteiger partial charge in [-0.1, -0.05) is 33.3 Å². The molecule has 0 saturated carbocycles. The van der Waals surface area contributed by atoms with E-state index in [-0.39, 0.29) is 11.7 Å². The van der Waals surface area contributed by atoms with Crippen molar-refractivity contribution >= 4 is 39.3 Å². The van der Waals surface area contributed by atoms with E-state index >= 15 is 0 Å². The molecule has 9 heteroatoms. The fourth-order valence-electron chi connectivity index (χ4n) is 3.69. The summed E-state index contributed by atoms with van der Waals surface area (Å²) in [6.07, 6.45) is 4.81. The van der Waals surface area contributed by atoms with E-state index in [9.17, 15) is 9.59 Å². The first kappa shape index (κ1) is 23.1. The number of ether oxygens (including phenoxy) is 2. The molecule has 3 heterocycles. The molecule has 33 heavy (non-hydrogen) atoms. The van der Waals surface area contributed by atoms with Crippen LogP contribution in [-0.4, -0.2) is 28.7 Å². The van der Waals surface area contributed by atoms with Gasteiger partial charge in [0, 0.05) is 22.4 Å². The summed E-state index contributed by atoms with van der Waals surface area (Å²) < 4.78 is 14.0. The fraction of sp³-hybridized carbons (Fsp3) is 0.250. The Morgan fingerprint density at radius 3 is 2.76 bits per heavy atom. The molecule has 0 spiro atoms. The van der Waals surface area contributed by atoms with Crippen LogP contribution in [0.4, 0.5) is 0 Å². The Morgan fingerprint density at radius 1 is 1.30 bits per heavy atom. The number of rotatable bonds is 5. The van der Waals surface area contributed by atoms with Gasteiger partial charge in [0.2, 0.25) is 0 Å². The van der Waals surface area contributed by atoms with E-state index in [1.165, 1.54) is 11.3 Å². The highest BCUT2D eigenvalue weighted by Crippen LogP contribution is 2.37. The molecular weight excluding hydrogens is 506 g/mol. The molecule has 0 radical (unpaired) electrons. The van der Waals surface area contributed by atoms with Crippen LogP contribution in [0.2, 0.25) is 0 Å². The summed E-state index contributed by atoms with van der Waals surface area (Å²) >= 11 is 4.77. The van der Waals surface area contributed by atoms with Crippen molar-refractivity contribution in [2.75, 3.05) is 7.11 Å². The van der Waals surface area contributed by atoms with Gasteiger partial charge in [-0.25, -0.2) is 9.79 Å². The quantitative estimate of drug-likeness (QED) is 0.475. The number of aromatic nitrogens is 2. The Balaban J connectivity index is 2.01. The smallest absolute Gasteiger partial charge is 0.338 e. The summed E-state index contributed by atoms with van der Waals surface area (Å²) in [5, 5.41) is 0. The average Bonchev–Trinajstić information content (AvgIpc) is 3.07. The molecule has 1 aromatic carbocycles. The van der Waals surface area contributed by atoms with Crippen molar-refractivity contribution in [2.45, 2.75) is 32.9 Å². The third-order valence-electron chi connectivity index (χ3n) is 5.05. The molecule has 0 fully saturated rings. The SMILES string of the molecule is COc1ccc(Br)cc1[C@@H]1C(C(=O)OC(C)C)=C(C)N=c2s/c(=C\c3cccnc3)c(=O)n21. The predicted molar refractivity (Wildman–Crippen MR) is 130 cm³/mol. The number of carbonyl (C=O) groups excluding carboxylic acids is 1. The topological polar surface area (TPSA) is 82.8 Å². The lowest BCUT2D eigenvalue weighted by Gasteiger charge is -2.26. The second-order valence-corrected chi connectivity index (χ2v) is 9.63. The summed E-state index contributed by atoms with van der Waals surface area (Å²) in [6, 6.07) is 8.42. The number of hydrogen-bond acceptors (Lipinski definition) is 7. The number of esters is 1. The maximum atomic E-state index is 13.6. The second-order valence-electron chi connectivity index (χ2n) is 7.71. The highest BCUT2D eigenvalue weighted by Gasteiger charge is 2.35. The summed E-state index contributed by atoms with van der Waals surface area (Å²) in [4.78, 5) is 36.0.